The van der Waals surface area contributed by atoms with Crippen LogP contribution < -0.4 is 10.3 Å². The summed E-state index contributed by atoms with van der Waals surface area (Å²) in [6.45, 7) is 7.16. The monoisotopic (exact) mass is 511 g/mol. The molecule has 4 aromatic rings. The van der Waals surface area contributed by atoms with Crippen LogP contribution in [0.15, 0.2) is 83.7 Å². The Bertz CT molecular complexity index is 1400. The summed E-state index contributed by atoms with van der Waals surface area (Å²) < 4.78 is 7.26. The fourth-order valence-electron chi connectivity index (χ4n) is 4.78. The zero-order valence-corrected chi connectivity index (χ0v) is 22.6. The van der Waals surface area contributed by atoms with Gasteiger partial charge in [0.2, 0.25) is 5.91 Å². The molecule has 1 atom stereocenters. The molecule has 0 aliphatic rings. The van der Waals surface area contributed by atoms with Gasteiger partial charge in [-0.1, -0.05) is 62.2 Å². The number of hydrogen-bond donors (Lipinski definition) is 0. The zero-order chi connectivity index (χ0) is 26.9. The predicted molar refractivity (Wildman–Crippen MR) is 153 cm³/mol. The number of benzene rings is 3. The molecule has 0 N–H and O–H groups in total. The van der Waals surface area contributed by atoms with Crippen molar-refractivity contribution in [2.24, 2.45) is 0 Å². The third-order valence-electron chi connectivity index (χ3n) is 6.85. The van der Waals surface area contributed by atoms with Crippen LogP contribution in [0.25, 0.3) is 16.6 Å². The summed E-state index contributed by atoms with van der Waals surface area (Å²) >= 11 is 0. The van der Waals surface area contributed by atoms with Gasteiger partial charge in [0.05, 0.1) is 29.2 Å². The van der Waals surface area contributed by atoms with E-state index in [0.29, 0.717) is 42.0 Å². The highest BCUT2D eigenvalue weighted by atomic mass is 16.5. The van der Waals surface area contributed by atoms with Crippen molar-refractivity contribution < 1.29 is 9.53 Å². The molecule has 0 saturated carbocycles. The smallest absolute Gasteiger partial charge is 0.266 e. The number of aromatic nitrogens is 2. The van der Waals surface area contributed by atoms with Crippen LogP contribution in [0.4, 0.5) is 0 Å². The van der Waals surface area contributed by atoms with Crippen molar-refractivity contribution in [3.8, 4) is 11.4 Å². The Hall–Kier alpha value is -3.93. The van der Waals surface area contributed by atoms with Crippen molar-refractivity contribution in [3.63, 3.8) is 0 Å². The maximum atomic E-state index is 13.8. The number of ether oxygens (including phenoxy) is 1. The molecule has 1 amide bonds. The van der Waals surface area contributed by atoms with E-state index in [0.717, 1.165) is 31.4 Å². The number of carbonyl (C=O) groups excluding carboxylic acids is 1. The van der Waals surface area contributed by atoms with Crippen LogP contribution in [0.5, 0.6) is 5.75 Å². The maximum Gasteiger partial charge on any atom is 0.266 e. The highest BCUT2D eigenvalue weighted by Crippen LogP contribution is 2.25. The number of fused-ring (bicyclic) bond motifs is 1. The minimum Gasteiger partial charge on any atom is -0.494 e. The van der Waals surface area contributed by atoms with Gasteiger partial charge in [-0.05, 0) is 68.7 Å². The van der Waals surface area contributed by atoms with Gasteiger partial charge < -0.3 is 9.64 Å². The molecule has 1 aromatic heterocycles. The summed E-state index contributed by atoms with van der Waals surface area (Å²) in [4.78, 5) is 34.3. The van der Waals surface area contributed by atoms with Crippen molar-refractivity contribution in [2.45, 2.75) is 58.9 Å². The zero-order valence-electron chi connectivity index (χ0n) is 22.6. The Kier molecular flexibility index (Phi) is 9.30. The number of rotatable bonds is 12. The fourth-order valence-corrected chi connectivity index (χ4v) is 4.78. The predicted octanol–water partition coefficient (Wildman–Crippen LogP) is 6.50. The minimum absolute atomic E-state index is 0.0857. The van der Waals surface area contributed by atoms with E-state index in [2.05, 4.69) is 19.1 Å². The van der Waals surface area contributed by atoms with Crippen LogP contribution >= 0.6 is 0 Å². The Morgan fingerprint density at radius 1 is 0.947 bits per heavy atom. The number of hydrogen-bond acceptors (Lipinski definition) is 4. The molecule has 0 fully saturated rings. The Balaban J connectivity index is 1.78. The number of para-hydroxylation sites is 1. The van der Waals surface area contributed by atoms with Crippen LogP contribution in [0, 0.1) is 0 Å². The van der Waals surface area contributed by atoms with Gasteiger partial charge in [0.15, 0.2) is 0 Å². The van der Waals surface area contributed by atoms with Gasteiger partial charge >= 0.3 is 0 Å². The van der Waals surface area contributed by atoms with Gasteiger partial charge in [0.25, 0.3) is 5.56 Å². The van der Waals surface area contributed by atoms with E-state index in [-0.39, 0.29) is 11.5 Å². The average molecular weight is 512 g/mol. The molecule has 0 spiro atoms. The van der Waals surface area contributed by atoms with Crippen molar-refractivity contribution in [1.82, 2.24) is 14.5 Å². The van der Waals surface area contributed by atoms with Gasteiger partial charge in [-0.15, -0.1) is 0 Å². The first kappa shape index (κ1) is 27.1. The second-order valence-corrected chi connectivity index (χ2v) is 9.51. The number of amides is 1. The van der Waals surface area contributed by atoms with Gasteiger partial charge in [-0.2, -0.15) is 0 Å². The van der Waals surface area contributed by atoms with Crippen LogP contribution in [-0.2, 0) is 11.2 Å². The molecule has 6 heteroatoms. The molecule has 0 aliphatic carbocycles. The Labute approximate surface area is 224 Å². The quantitative estimate of drug-likeness (QED) is 0.204. The molecule has 3 aromatic carbocycles. The molecule has 38 heavy (non-hydrogen) atoms. The molecular weight excluding hydrogens is 474 g/mol. The van der Waals surface area contributed by atoms with E-state index < -0.39 is 6.04 Å². The summed E-state index contributed by atoms with van der Waals surface area (Å²) in [6.07, 6.45) is 4.12. The first-order chi connectivity index (χ1) is 18.5. The minimum atomic E-state index is -0.406. The average Bonchev–Trinajstić information content (AvgIpc) is 2.94. The van der Waals surface area contributed by atoms with E-state index in [1.54, 1.807) is 10.6 Å². The van der Waals surface area contributed by atoms with Crippen LogP contribution in [0.1, 0.15) is 63.9 Å². The topological polar surface area (TPSA) is 64.4 Å². The molecule has 0 bridgehead atoms. The van der Waals surface area contributed by atoms with Crippen LogP contribution in [-0.4, -0.2) is 33.5 Å². The highest BCUT2D eigenvalue weighted by Gasteiger charge is 2.26. The van der Waals surface area contributed by atoms with E-state index in [4.69, 9.17) is 9.72 Å². The van der Waals surface area contributed by atoms with Gasteiger partial charge in [-0.3, -0.25) is 14.2 Å². The summed E-state index contributed by atoms with van der Waals surface area (Å²) in [7, 11) is 0. The van der Waals surface area contributed by atoms with Gasteiger partial charge in [0.1, 0.15) is 11.6 Å². The molecule has 1 heterocycles. The highest BCUT2D eigenvalue weighted by molar-refractivity contribution is 5.79. The summed E-state index contributed by atoms with van der Waals surface area (Å²) in [5.41, 5.74) is 2.34. The normalized spacial score (nSPS) is 11.9. The van der Waals surface area contributed by atoms with E-state index in [1.165, 1.54) is 5.56 Å². The maximum absolute atomic E-state index is 13.8. The number of unbranched alkanes of at least 4 members (excludes halogenated alkanes) is 2. The van der Waals surface area contributed by atoms with E-state index in [9.17, 15) is 9.59 Å². The van der Waals surface area contributed by atoms with Crippen molar-refractivity contribution >= 4 is 16.8 Å². The van der Waals surface area contributed by atoms with Gasteiger partial charge in [0, 0.05) is 13.0 Å². The lowest BCUT2D eigenvalue weighted by Gasteiger charge is -2.31. The molecule has 4 rings (SSSR count). The second kappa shape index (κ2) is 13.0. The third-order valence-corrected chi connectivity index (χ3v) is 6.85. The number of nitrogens with zero attached hydrogens (tertiary/aromatic N) is 3. The SMILES string of the molecule is CCCCCC(=O)N(CCc1ccccc1)C(C)c1nc2ccccc2c(=O)n1-c1ccc(OCC)cc1. The van der Waals surface area contributed by atoms with Crippen molar-refractivity contribution in [2.75, 3.05) is 13.2 Å². The van der Waals surface area contributed by atoms with Crippen molar-refractivity contribution in [1.29, 1.82) is 0 Å². The molecule has 1 unspecified atom stereocenters. The first-order valence-corrected chi connectivity index (χ1v) is 13.6. The second-order valence-electron chi connectivity index (χ2n) is 9.51. The number of carbonyl (C=O) groups is 1. The Morgan fingerprint density at radius 3 is 2.37 bits per heavy atom. The molecule has 198 valence electrons. The largest absolute Gasteiger partial charge is 0.494 e. The summed E-state index contributed by atoms with van der Waals surface area (Å²) in [5, 5.41) is 0.544. The van der Waals surface area contributed by atoms with E-state index in [1.807, 2.05) is 79.4 Å². The van der Waals surface area contributed by atoms with E-state index >= 15 is 0 Å². The third kappa shape index (κ3) is 6.31. The summed E-state index contributed by atoms with van der Waals surface area (Å²) in [6, 6.07) is 24.6. The molecular formula is C32H37N3O3. The molecule has 6 nitrogen and oxygen atoms in total. The first-order valence-electron chi connectivity index (χ1n) is 13.6. The van der Waals surface area contributed by atoms with Gasteiger partial charge in [-0.25, -0.2) is 4.98 Å². The van der Waals surface area contributed by atoms with Crippen molar-refractivity contribution in [3.05, 3.63) is 101 Å². The lowest BCUT2D eigenvalue weighted by Crippen LogP contribution is -2.38. The van der Waals surface area contributed by atoms with Crippen LogP contribution in [0.2, 0.25) is 0 Å². The Morgan fingerprint density at radius 2 is 1.66 bits per heavy atom. The standard InChI is InChI=1S/C32H37N3O3/c1-4-6-8-17-30(36)34(23-22-25-13-9-7-10-14-25)24(3)31-33-29-16-12-11-15-28(29)32(37)35(31)26-18-20-27(21-19-26)38-5-2/h7,9-16,18-21,24H,4-6,8,17,22-23H2,1-3H3. The lowest BCUT2D eigenvalue weighted by atomic mass is 10.1. The lowest BCUT2D eigenvalue weighted by molar-refractivity contribution is -0.133. The molecule has 0 aliphatic heterocycles. The molecule has 0 saturated heterocycles. The fraction of sp³-hybridized carbons (Fsp3) is 0.344. The molecule has 0 radical (unpaired) electrons. The van der Waals surface area contributed by atoms with Crippen LogP contribution in [0.3, 0.4) is 0 Å². The summed E-state index contributed by atoms with van der Waals surface area (Å²) in [5.74, 6) is 1.38.